The van der Waals surface area contributed by atoms with Crippen molar-refractivity contribution in [2.75, 3.05) is 18.2 Å². The average molecular weight is 233 g/mol. The van der Waals surface area contributed by atoms with Crippen molar-refractivity contribution in [2.45, 2.75) is 0 Å². The number of nitrogens with two attached hydrogens (primary N) is 1. The van der Waals surface area contributed by atoms with Gasteiger partial charge in [0, 0.05) is 5.38 Å². The van der Waals surface area contributed by atoms with Crippen LogP contribution in [-0.4, -0.2) is 29.5 Å². The molecule has 1 radical (unpaired) electrons. The van der Waals surface area contributed by atoms with E-state index in [0.29, 0.717) is 16.7 Å². The van der Waals surface area contributed by atoms with Gasteiger partial charge in [0.2, 0.25) is 0 Å². The van der Waals surface area contributed by atoms with Crippen molar-refractivity contribution in [1.29, 1.82) is 0 Å². The maximum atomic E-state index is 10.5. The summed E-state index contributed by atoms with van der Waals surface area (Å²) in [4.78, 5) is 19.0. The molecule has 0 amide bonds. The van der Waals surface area contributed by atoms with E-state index in [1.54, 1.807) is 11.7 Å². The number of rotatable bonds is 5. The van der Waals surface area contributed by atoms with Crippen molar-refractivity contribution in [3.8, 4) is 0 Å². The van der Waals surface area contributed by atoms with Gasteiger partial charge < -0.3 is 10.6 Å². The van der Waals surface area contributed by atoms with Crippen molar-refractivity contribution < 1.29 is 9.63 Å². The van der Waals surface area contributed by atoms with Gasteiger partial charge >= 0.3 is 0 Å². The van der Waals surface area contributed by atoms with Crippen molar-refractivity contribution >= 4 is 40.1 Å². The number of hydrogen-bond acceptors (Lipinski definition) is 6. The third kappa shape index (κ3) is 2.97. The molecule has 75 valence electrons. The lowest BCUT2D eigenvalue weighted by Crippen LogP contribution is -2.05. The zero-order valence-corrected chi connectivity index (χ0v) is 8.64. The number of nitrogens with zero attached hydrogens (tertiary/aromatic N) is 2. The summed E-state index contributed by atoms with van der Waals surface area (Å²) in [6.07, 6.45) is 1.61. The Morgan fingerprint density at radius 2 is 2.64 bits per heavy atom. The van der Waals surface area contributed by atoms with E-state index < -0.39 is 0 Å². The number of aromatic nitrogens is 1. The molecule has 1 aromatic rings. The predicted octanol–water partition coefficient (Wildman–Crippen LogP) is 0.795. The Bertz CT molecular complexity index is 339. The van der Waals surface area contributed by atoms with Gasteiger partial charge in [0.05, 0.1) is 5.88 Å². The van der Waals surface area contributed by atoms with Crippen LogP contribution in [0.3, 0.4) is 0 Å². The van der Waals surface area contributed by atoms with Crippen molar-refractivity contribution in [2.24, 2.45) is 5.16 Å². The molecular weight excluding hydrogens is 226 g/mol. The molecule has 0 aromatic carbocycles. The highest BCUT2D eigenvalue weighted by molar-refractivity contribution is 7.13. The van der Waals surface area contributed by atoms with Gasteiger partial charge in [-0.1, -0.05) is 5.16 Å². The maximum Gasteiger partial charge on any atom is 0.259 e. The van der Waals surface area contributed by atoms with E-state index in [0.717, 1.165) is 0 Å². The van der Waals surface area contributed by atoms with Crippen LogP contribution in [0.2, 0.25) is 0 Å². The second kappa shape index (κ2) is 5.56. The van der Waals surface area contributed by atoms with Crippen molar-refractivity contribution in [1.82, 2.24) is 4.98 Å². The standard InChI is InChI=1S/C7H7ClN3O2S/c8-1-2-13-11-5(3-12)6-4-14-7(9)10-6/h4H,1-2H2,(H2,9,10). The van der Waals surface area contributed by atoms with Crippen LogP contribution in [-0.2, 0) is 9.63 Å². The fourth-order valence-electron chi connectivity index (χ4n) is 0.659. The zero-order valence-electron chi connectivity index (χ0n) is 7.07. The first-order valence-electron chi connectivity index (χ1n) is 3.63. The van der Waals surface area contributed by atoms with Gasteiger partial charge in [-0.3, -0.25) is 4.79 Å². The number of alkyl halides is 1. The Kier molecular flexibility index (Phi) is 4.34. The molecule has 0 atom stereocenters. The van der Waals surface area contributed by atoms with E-state index in [2.05, 4.69) is 10.1 Å². The molecular formula is C7H7ClN3O2S. The summed E-state index contributed by atoms with van der Waals surface area (Å²) < 4.78 is 0. The number of oxime groups is 1. The summed E-state index contributed by atoms with van der Waals surface area (Å²) in [7, 11) is 0. The number of halogens is 1. The average Bonchev–Trinajstić information content (AvgIpc) is 2.60. The molecule has 0 fully saturated rings. The SMILES string of the molecule is Nc1nc(C([C]=O)=NOCCCl)cs1. The molecule has 7 heteroatoms. The van der Waals surface area contributed by atoms with E-state index >= 15 is 0 Å². The van der Waals surface area contributed by atoms with Gasteiger partial charge in [-0.05, 0) is 0 Å². The van der Waals surface area contributed by atoms with Crippen LogP contribution < -0.4 is 5.73 Å². The van der Waals surface area contributed by atoms with Gasteiger partial charge in [0.15, 0.2) is 10.8 Å². The molecule has 0 saturated carbocycles. The highest BCUT2D eigenvalue weighted by atomic mass is 35.5. The van der Waals surface area contributed by atoms with Gasteiger partial charge in [0.25, 0.3) is 6.29 Å². The fourth-order valence-corrected chi connectivity index (χ4v) is 1.28. The monoisotopic (exact) mass is 232 g/mol. The zero-order chi connectivity index (χ0) is 10.4. The first-order valence-corrected chi connectivity index (χ1v) is 5.04. The number of nitrogen functional groups attached to an aromatic ring is 1. The van der Waals surface area contributed by atoms with E-state index in [4.69, 9.17) is 22.2 Å². The summed E-state index contributed by atoms with van der Waals surface area (Å²) in [5.41, 5.74) is 5.73. The molecule has 0 spiro atoms. The Hall–Kier alpha value is -1.14. The normalized spacial score (nSPS) is 11.4. The molecule has 14 heavy (non-hydrogen) atoms. The van der Waals surface area contributed by atoms with Gasteiger partial charge in [-0.25, -0.2) is 4.98 Å². The van der Waals surface area contributed by atoms with E-state index in [-0.39, 0.29) is 12.3 Å². The van der Waals surface area contributed by atoms with Crippen molar-refractivity contribution in [3.05, 3.63) is 11.1 Å². The first-order chi connectivity index (χ1) is 6.77. The fraction of sp³-hybridized carbons (Fsp3) is 0.286. The van der Waals surface area contributed by atoms with Crippen LogP contribution in [0.15, 0.2) is 10.5 Å². The van der Waals surface area contributed by atoms with E-state index in [1.807, 2.05) is 0 Å². The number of hydrogen-bond donors (Lipinski definition) is 1. The summed E-state index contributed by atoms with van der Waals surface area (Å²) in [6.45, 7) is 0.229. The largest absolute Gasteiger partial charge is 0.394 e. The van der Waals surface area contributed by atoms with Gasteiger partial charge in [-0.15, -0.1) is 22.9 Å². The van der Waals surface area contributed by atoms with E-state index in [1.165, 1.54) is 11.3 Å². The Labute approximate surface area is 89.5 Å². The van der Waals surface area contributed by atoms with Gasteiger partial charge in [0.1, 0.15) is 12.3 Å². The number of thiazole rings is 1. The quantitative estimate of drug-likeness (QED) is 0.353. The second-order valence-electron chi connectivity index (χ2n) is 2.14. The molecule has 0 aliphatic heterocycles. The Morgan fingerprint density at radius 1 is 1.86 bits per heavy atom. The topological polar surface area (TPSA) is 77.6 Å². The lowest BCUT2D eigenvalue weighted by atomic mass is 10.3. The molecule has 1 aromatic heterocycles. The number of carbonyl (C=O) groups excluding carboxylic acids is 1. The van der Waals surface area contributed by atoms with Crippen LogP contribution in [0, 0.1) is 0 Å². The lowest BCUT2D eigenvalue weighted by molar-refractivity contribution is 0.161. The summed E-state index contributed by atoms with van der Waals surface area (Å²) in [6, 6.07) is 0. The van der Waals surface area contributed by atoms with Crippen LogP contribution in [0.5, 0.6) is 0 Å². The summed E-state index contributed by atoms with van der Waals surface area (Å²) >= 11 is 6.56. The molecule has 2 N–H and O–H groups in total. The van der Waals surface area contributed by atoms with Crippen molar-refractivity contribution in [3.63, 3.8) is 0 Å². The number of anilines is 1. The predicted molar refractivity (Wildman–Crippen MR) is 55.4 cm³/mol. The first kappa shape index (κ1) is 10.9. The Morgan fingerprint density at radius 3 is 3.14 bits per heavy atom. The molecule has 0 aliphatic carbocycles. The third-order valence-electron chi connectivity index (χ3n) is 1.19. The van der Waals surface area contributed by atoms with Crippen LogP contribution in [0.25, 0.3) is 0 Å². The molecule has 5 nitrogen and oxygen atoms in total. The minimum absolute atomic E-state index is 0.0110. The molecule has 0 saturated heterocycles. The van der Waals surface area contributed by atoms with E-state index in [9.17, 15) is 4.79 Å². The highest BCUT2D eigenvalue weighted by Gasteiger charge is 2.08. The smallest absolute Gasteiger partial charge is 0.259 e. The third-order valence-corrected chi connectivity index (χ3v) is 2.01. The van der Waals surface area contributed by atoms with Gasteiger partial charge in [-0.2, -0.15) is 0 Å². The summed E-state index contributed by atoms with van der Waals surface area (Å²) in [5.74, 6) is 0.300. The molecule has 0 unspecified atom stereocenters. The molecule has 1 rings (SSSR count). The van der Waals surface area contributed by atoms with Crippen LogP contribution in [0.1, 0.15) is 5.69 Å². The molecule has 1 heterocycles. The minimum atomic E-state index is -0.0110. The van der Waals surface area contributed by atoms with Crippen LogP contribution >= 0.6 is 22.9 Å². The second-order valence-corrected chi connectivity index (χ2v) is 3.40. The van der Waals surface area contributed by atoms with Crippen LogP contribution in [0.4, 0.5) is 5.13 Å². The minimum Gasteiger partial charge on any atom is -0.394 e. The molecule has 0 aliphatic rings. The lowest BCUT2D eigenvalue weighted by Gasteiger charge is -1.94. The molecule has 0 bridgehead atoms. The highest BCUT2D eigenvalue weighted by Crippen LogP contribution is 2.11. The Balaban J connectivity index is 2.71. The maximum absolute atomic E-state index is 10.5. The summed E-state index contributed by atoms with van der Waals surface area (Å²) in [5, 5.41) is 5.47.